The summed E-state index contributed by atoms with van der Waals surface area (Å²) in [5.74, 6) is 1.41. The summed E-state index contributed by atoms with van der Waals surface area (Å²) in [6.45, 7) is 1.95. The fraction of sp³-hybridized carbons (Fsp3) is 0.167. The number of methoxy groups -OCH3 is 1. The molecule has 7 heteroatoms. The van der Waals surface area contributed by atoms with Crippen LogP contribution in [0.4, 0.5) is 0 Å². The van der Waals surface area contributed by atoms with Gasteiger partial charge in [-0.25, -0.2) is 0 Å². The van der Waals surface area contributed by atoms with Crippen LogP contribution in [-0.4, -0.2) is 23.2 Å². The number of nitrogens with one attached hydrogen (secondary N) is 1. The van der Waals surface area contributed by atoms with E-state index in [9.17, 15) is 4.79 Å². The van der Waals surface area contributed by atoms with Crippen LogP contribution in [0.25, 0.3) is 17.5 Å². The predicted octanol–water partition coefficient (Wildman–Crippen LogP) is 3.53. The van der Waals surface area contributed by atoms with Crippen LogP contribution in [0.15, 0.2) is 51.9 Å². The lowest BCUT2D eigenvalue weighted by atomic mass is 10.2. The van der Waals surface area contributed by atoms with Crippen LogP contribution in [0.2, 0.25) is 0 Å². The van der Waals surface area contributed by atoms with Crippen molar-refractivity contribution in [1.29, 1.82) is 0 Å². The molecular weight excluding hydrogens is 338 g/mol. The summed E-state index contributed by atoms with van der Waals surface area (Å²) in [6.07, 6.45) is 1.84. The second kappa shape index (κ2) is 7.76. The molecule has 1 N–H and O–H groups in total. The van der Waals surface area contributed by atoms with Crippen molar-refractivity contribution >= 4 is 23.3 Å². The smallest absolute Gasteiger partial charge is 0.247 e. The molecule has 2 heterocycles. The molecule has 3 aromatic rings. The first-order chi connectivity index (χ1) is 12.2. The number of nitrogens with zero attached hydrogens (tertiary/aromatic N) is 2. The molecule has 0 aliphatic rings. The first kappa shape index (κ1) is 16.9. The average molecular weight is 355 g/mol. The molecule has 0 unspecified atom stereocenters. The predicted molar refractivity (Wildman–Crippen MR) is 96.1 cm³/mol. The van der Waals surface area contributed by atoms with Gasteiger partial charge in [0.1, 0.15) is 5.75 Å². The van der Waals surface area contributed by atoms with E-state index < -0.39 is 0 Å². The highest BCUT2D eigenvalue weighted by atomic mass is 32.1. The van der Waals surface area contributed by atoms with Crippen molar-refractivity contribution < 1.29 is 14.1 Å². The Labute approximate surface area is 149 Å². The summed E-state index contributed by atoms with van der Waals surface area (Å²) < 4.78 is 10.3. The van der Waals surface area contributed by atoms with Gasteiger partial charge in [-0.3, -0.25) is 4.79 Å². The molecule has 6 nitrogen and oxygen atoms in total. The number of carbonyl (C=O) groups excluding carboxylic acids is 1. The third-order valence-electron chi connectivity index (χ3n) is 3.48. The Hall–Kier alpha value is -2.93. The Balaban J connectivity index is 1.60. The molecule has 0 radical (unpaired) electrons. The summed E-state index contributed by atoms with van der Waals surface area (Å²) in [5, 5.41) is 8.68. The van der Waals surface area contributed by atoms with E-state index in [-0.39, 0.29) is 12.5 Å². The molecule has 0 bridgehead atoms. The quantitative estimate of drug-likeness (QED) is 0.685. The SMILES string of the molecule is COc1ccc(-c2noc(CNC(=O)/C(C)=C/c3cccs3)n2)cc1. The molecule has 0 saturated carbocycles. The van der Waals surface area contributed by atoms with Gasteiger partial charge in [0.2, 0.25) is 17.6 Å². The van der Waals surface area contributed by atoms with Crippen LogP contribution in [0.3, 0.4) is 0 Å². The van der Waals surface area contributed by atoms with Gasteiger partial charge < -0.3 is 14.6 Å². The maximum absolute atomic E-state index is 12.1. The Morgan fingerprint density at radius 3 is 2.80 bits per heavy atom. The molecule has 1 amide bonds. The van der Waals surface area contributed by atoms with Crippen LogP contribution in [0, 0.1) is 0 Å². The number of carbonyl (C=O) groups is 1. The number of hydrogen-bond donors (Lipinski definition) is 1. The molecular formula is C18H17N3O3S. The highest BCUT2D eigenvalue weighted by Gasteiger charge is 2.11. The summed E-state index contributed by atoms with van der Waals surface area (Å²) in [5.41, 5.74) is 1.44. The van der Waals surface area contributed by atoms with Crippen molar-refractivity contribution in [3.05, 3.63) is 58.1 Å². The normalized spacial score (nSPS) is 11.4. The molecule has 0 spiro atoms. The van der Waals surface area contributed by atoms with E-state index in [1.165, 1.54) is 0 Å². The lowest BCUT2D eigenvalue weighted by Crippen LogP contribution is -2.23. The summed E-state index contributed by atoms with van der Waals surface area (Å²) in [4.78, 5) is 17.4. The first-order valence-corrected chi connectivity index (χ1v) is 8.50. The molecule has 3 rings (SSSR count). The van der Waals surface area contributed by atoms with Crippen molar-refractivity contribution in [2.45, 2.75) is 13.5 Å². The molecule has 25 heavy (non-hydrogen) atoms. The van der Waals surface area contributed by atoms with Gasteiger partial charge in [-0.1, -0.05) is 11.2 Å². The second-order valence-electron chi connectivity index (χ2n) is 5.27. The van der Waals surface area contributed by atoms with Gasteiger partial charge in [0.15, 0.2) is 0 Å². The highest BCUT2D eigenvalue weighted by Crippen LogP contribution is 2.19. The van der Waals surface area contributed by atoms with Gasteiger partial charge in [-0.05, 0) is 48.7 Å². The van der Waals surface area contributed by atoms with Crippen LogP contribution < -0.4 is 10.1 Å². The van der Waals surface area contributed by atoms with Gasteiger partial charge in [-0.2, -0.15) is 4.98 Å². The lowest BCUT2D eigenvalue weighted by molar-refractivity contribution is -0.117. The zero-order valence-electron chi connectivity index (χ0n) is 13.9. The monoisotopic (exact) mass is 355 g/mol. The molecule has 0 aliphatic heterocycles. The molecule has 0 atom stereocenters. The van der Waals surface area contributed by atoms with E-state index in [0.717, 1.165) is 16.2 Å². The molecule has 2 aromatic heterocycles. The van der Waals surface area contributed by atoms with E-state index in [2.05, 4.69) is 15.5 Å². The number of benzene rings is 1. The number of hydrogen-bond acceptors (Lipinski definition) is 6. The van der Waals surface area contributed by atoms with Crippen LogP contribution >= 0.6 is 11.3 Å². The minimum absolute atomic E-state index is 0.169. The fourth-order valence-electron chi connectivity index (χ4n) is 2.13. The number of ether oxygens (including phenoxy) is 1. The number of thiophene rings is 1. The molecule has 0 saturated heterocycles. The Kier molecular flexibility index (Phi) is 5.25. The van der Waals surface area contributed by atoms with Crippen molar-refractivity contribution in [2.24, 2.45) is 0 Å². The van der Waals surface area contributed by atoms with Gasteiger partial charge in [-0.15, -0.1) is 11.3 Å². The zero-order valence-corrected chi connectivity index (χ0v) is 14.7. The molecule has 0 aliphatic carbocycles. The molecule has 128 valence electrons. The maximum Gasteiger partial charge on any atom is 0.247 e. The van der Waals surface area contributed by atoms with Crippen LogP contribution in [-0.2, 0) is 11.3 Å². The molecule has 1 aromatic carbocycles. The van der Waals surface area contributed by atoms with Gasteiger partial charge in [0, 0.05) is 16.0 Å². The topological polar surface area (TPSA) is 77.3 Å². The van der Waals surface area contributed by atoms with Gasteiger partial charge >= 0.3 is 0 Å². The standard InChI is InChI=1S/C18H17N3O3S/c1-12(10-15-4-3-9-25-15)18(22)19-11-16-20-17(21-24-16)13-5-7-14(23-2)8-6-13/h3-10H,11H2,1-2H3,(H,19,22)/b12-10+. The number of rotatable bonds is 6. The highest BCUT2D eigenvalue weighted by molar-refractivity contribution is 7.10. The van der Waals surface area contributed by atoms with Gasteiger partial charge in [0.05, 0.1) is 13.7 Å². The zero-order chi connectivity index (χ0) is 17.6. The van der Waals surface area contributed by atoms with E-state index in [4.69, 9.17) is 9.26 Å². The van der Waals surface area contributed by atoms with Crippen molar-refractivity contribution in [3.8, 4) is 17.1 Å². The average Bonchev–Trinajstić information content (AvgIpc) is 3.31. The lowest BCUT2D eigenvalue weighted by Gasteiger charge is -2.01. The van der Waals surface area contributed by atoms with Crippen LogP contribution in [0.5, 0.6) is 5.75 Å². The third-order valence-corrected chi connectivity index (χ3v) is 4.30. The number of amides is 1. The number of aromatic nitrogens is 2. The third kappa shape index (κ3) is 4.33. The largest absolute Gasteiger partial charge is 0.497 e. The van der Waals surface area contributed by atoms with E-state index in [0.29, 0.717) is 17.3 Å². The summed E-state index contributed by atoms with van der Waals surface area (Å²) in [7, 11) is 1.61. The van der Waals surface area contributed by atoms with Crippen LogP contribution in [0.1, 0.15) is 17.7 Å². The maximum atomic E-state index is 12.1. The van der Waals surface area contributed by atoms with E-state index in [1.807, 2.05) is 47.9 Å². The molecule has 0 fully saturated rings. The van der Waals surface area contributed by atoms with Crippen molar-refractivity contribution in [1.82, 2.24) is 15.5 Å². The first-order valence-electron chi connectivity index (χ1n) is 7.63. The Morgan fingerprint density at radius 1 is 1.32 bits per heavy atom. The Morgan fingerprint density at radius 2 is 2.12 bits per heavy atom. The van der Waals surface area contributed by atoms with Crippen molar-refractivity contribution in [3.63, 3.8) is 0 Å². The Bertz CT molecular complexity index is 867. The summed E-state index contributed by atoms with van der Waals surface area (Å²) in [6, 6.07) is 11.2. The van der Waals surface area contributed by atoms with Crippen molar-refractivity contribution in [2.75, 3.05) is 7.11 Å². The second-order valence-corrected chi connectivity index (χ2v) is 6.24. The fourth-order valence-corrected chi connectivity index (χ4v) is 2.85. The summed E-state index contributed by atoms with van der Waals surface area (Å²) >= 11 is 1.58. The van der Waals surface area contributed by atoms with E-state index >= 15 is 0 Å². The van der Waals surface area contributed by atoms with Gasteiger partial charge in [0.25, 0.3) is 0 Å². The minimum atomic E-state index is -0.169. The van der Waals surface area contributed by atoms with E-state index in [1.54, 1.807) is 25.4 Å². The minimum Gasteiger partial charge on any atom is -0.497 e.